The van der Waals surface area contributed by atoms with Crippen molar-refractivity contribution in [1.82, 2.24) is 19.9 Å². The lowest BCUT2D eigenvalue weighted by Crippen LogP contribution is -2.48. The van der Waals surface area contributed by atoms with Crippen molar-refractivity contribution >= 4 is 22.6 Å². The molecule has 1 aliphatic heterocycles. The number of aromatic nitrogens is 3. The van der Waals surface area contributed by atoms with Crippen LogP contribution in [0.5, 0.6) is 0 Å². The second kappa shape index (κ2) is 7.08. The number of nitrogens with zero attached hydrogens (tertiary/aromatic N) is 5. The molecule has 1 fully saturated rings. The molecular formula is C20H20N6O. The van der Waals surface area contributed by atoms with Crippen molar-refractivity contribution in [3.8, 4) is 6.07 Å². The van der Waals surface area contributed by atoms with E-state index in [4.69, 9.17) is 4.98 Å². The SMILES string of the molecule is Cn1cnc(C(=O)NC2CCCN(c3cc(C#N)c4ccccc4n3)C2)c1. The Balaban J connectivity index is 1.54. The molecule has 27 heavy (non-hydrogen) atoms. The van der Waals surface area contributed by atoms with Crippen molar-refractivity contribution in [3.63, 3.8) is 0 Å². The van der Waals surface area contributed by atoms with Crippen LogP contribution in [0.15, 0.2) is 42.9 Å². The summed E-state index contributed by atoms with van der Waals surface area (Å²) in [5, 5.41) is 13.4. The van der Waals surface area contributed by atoms with E-state index in [-0.39, 0.29) is 11.9 Å². The maximum absolute atomic E-state index is 12.4. The van der Waals surface area contributed by atoms with Gasteiger partial charge in [-0.2, -0.15) is 5.26 Å². The molecule has 0 saturated carbocycles. The molecule has 0 aliphatic carbocycles. The van der Waals surface area contributed by atoms with Crippen LogP contribution in [0, 0.1) is 11.3 Å². The number of nitrogens with one attached hydrogen (secondary N) is 1. The summed E-state index contributed by atoms with van der Waals surface area (Å²) in [6.07, 6.45) is 5.18. The number of para-hydroxylation sites is 1. The van der Waals surface area contributed by atoms with Crippen molar-refractivity contribution in [3.05, 3.63) is 54.1 Å². The molecule has 1 unspecified atom stereocenters. The van der Waals surface area contributed by atoms with Gasteiger partial charge >= 0.3 is 0 Å². The van der Waals surface area contributed by atoms with Gasteiger partial charge in [-0.05, 0) is 25.0 Å². The Morgan fingerprint density at radius 2 is 2.22 bits per heavy atom. The predicted octanol–water partition coefficient (Wildman–Crippen LogP) is 2.24. The number of hydrogen-bond acceptors (Lipinski definition) is 5. The van der Waals surface area contributed by atoms with Crippen LogP contribution in [0.2, 0.25) is 0 Å². The van der Waals surface area contributed by atoms with Crippen molar-refractivity contribution in [1.29, 1.82) is 5.26 Å². The minimum Gasteiger partial charge on any atom is -0.355 e. The van der Waals surface area contributed by atoms with Crippen molar-refractivity contribution in [2.75, 3.05) is 18.0 Å². The summed E-state index contributed by atoms with van der Waals surface area (Å²) in [5.41, 5.74) is 1.85. The Morgan fingerprint density at radius 3 is 3.00 bits per heavy atom. The zero-order valence-electron chi connectivity index (χ0n) is 15.1. The molecule has 4 rings (SSSR count). The molecule has 1 saturated heterocycles. The van der Waals surface area contributed by atoms with E-state index in [1.165, 1.54) is 0 Å². The molecule has 3 aromatic rings. The number of hydrogen-bond donors (Lipinski definition) is 1. The molecule has 3 heterocycles. The fourth-order valence-corrected chi connectivity index (χ4v) is 3.51. The molecule has 7 nitrogen and oxygen atoms in total. The van der Waals surface area contributed by atoms with E-state index < -0.39 is 0 Å². The zero-order chi connectivity index (χ0) is 18.8. The number of carbonyl (C=O) groups excluding carboxylic acids is 1. The molecule has 136 valence electrons. The monoisotopic (exact) mass is 360 g/mol. The minimum absolute atomic E-state index is 0.0204. The first kappa shape index (κ1) is 17.0. The topological polar surface area (TPSA) is 86.8 Å². The number of aryl methyl sites for hydroxylation is 1. The third-order valence-electron chi connectivity index (χ3n) is 4.84. The highest BCUT2D eigenvalue weighted by atomic mass is 16.2. The van der Waals surface area contributed by atoms with Gasteiger partial charge in [0.1, 0.15) is 11.5 Å². The summed E-state index contributed by atoms with van der Waals surface area (Å²) in [5.74, 6) is 0.619. The standard InChI is InChI=1S/C20H20N6O/c1-25-12-18(22-13-25)20(27)23-15-5-4-8-26(11-15)19-9-14(10-21)16-6-2-3-7-17(16)24-19/h2-3,6-7,9,12-13,15H,4-5,8,11H2,1H3,(H,23,27). The maximum atomic E-state index is 12.4. The highest BCUT2D eigenvalue weighted by molar-refractivity contribution is 5.92. The van der Waals surface area contributed by atoms with E-state index in [1.54, 1.807) is 17.1 Å². The van der Waals surface area contributed by atoms with Gasteiger partial charge in [-0.25, -0.2) is 9.97 Å². The fourth-order valence-electron chi connectivity index (χ4n) is 3.51. The molecule has 1 atom stereocenters. The molecule has 1 aliphatic rings. The third kappa shape index (κ3) is 3.47. The summed E-state index contributed by atoms with van der Waals surface area (Å²) < 4.78 is 1.75. The van der Waals surface area contributed by atoms with E-state index >= 15 is 0 Å². The number of piperidine rings is 1. The summed E-state index contributed by atoms with van der Waals surface area (Å²) in [7, 11) is 1.84. The van der Waals surface area contributed by atoms with Crippen LogP contribution in [0.25, 0.3) is 10.9 Å². The van der Waals surface area contributed by atoms with Crippen molar-refractivity contribution < 1.29 is 4.79 Å². The van der Waals surface area contributed by atoms with E-state index in [1.807, 2.05) is 37.4 Å². The molecule has 2 aromatic heterocycles. The van der Waals surface area contributed by atoms with E-state index in [0.717, 1.165) is 36.1 Å². The van der Waals surface area contributed by atoms with Crippen molar-refractivity contribution in [2.45, 2.75) is 18.9 Å². The van der Waals surface area contributed by atoms with E-state index in [9.17, 15) is 10.1 Å². The highest BCUT2D eigenvalue weighted by Crippen LogP contribution is 2.24. The number of pyridine rings is 1. The van der Waals surface area contributed by atoms with Crippen LogP contribution >= 0.6 is 0 Å². The number of nitriles is 1. The van der Waals surface area contributed by atoms with Gasteiger partial charge in [-0.3, -0.25) is 4.79 Å². The average molecular weight is 360 g/mol. The first-order valence-corrected chi connectivity index (χ1v) is 8.97. The Bertz CT molecular complexity index is 1030. The fraction of sp³-hybridized carbons (Fsp3) is 0.300. The van der Waals surface area contributed by atoms with Crippen molar-refractivity contribution in [2.24, 2.45) is 7.05 Å². The Hall–Kier alpha value is -3.40. The van der Waals surface area contributed by atoms with E-state index in [0.29, 0.717) is 17.8 Å². The number of fused-ring (bicyclic) bond motifs is 1. The van der Waals surface area contributed by atoms with Crippen LogP contribution in [-0.4, -0.2) is 39.6 Å². The van der Waals surface area contributed by atoms with Gasteiger partial charge in [0.15, 0.2) is 0 Å². The summed E-state index contributed by atoms with van der Waals surface area (Å²) >= 11 is 0. The number of anilines is 1. The molecule has 0 bridgehead atoms. The lowest BCUT2D eigenvalue weighted by molar-refractivity contribution is 0.0928. The molecule has 1 N–H and O–H groups in total. The Morgan fingerprint density at radius 1 is 1.37 bits per heavy atom. The quantitative estimate of drug-likeness (QED) is 0.774. The summed E-state index contributed by atoms with van der Waals surface area (Å²) in [4.78, 5) is 23.4. The highest BCUT2D eigenvalue weighted by Gasteiger charge is 2.24. The number of amides is 1. The maximum Gasteiger partial charge on any atom is 0.271 e. The molecule has 7 heteroatoms. The van der Waals surface area contributed by atoms with E-state index in [2.05, 4.69) is 21.3 Å². The van der Waals surface area contributed by atoms with Crippen LogP contribution in [0.3, 0.4) is 0 Å². The molecular weight excluding hydrogens is 340 g/mol. The number of imidazole rings is 1. The normalized spacial score (nSPS) is 16.9. The Kier molecular flexibility index (Phi) is 4.47. The van der Waals surface area contributed by atoms with Gasteiger partial charge < -0.3 is 14.8 Å². The van der Waals surface area contributed by atoms with Crippen LogP contribution in [0.4, 0.5) is 5.82 Å². The summed E-state index contributed by atoms with van der Waals surface area (Å²) in [6.45, 7) is 1.51. The van der Waals surface area contributed by atoms with Crippen LogP contribution in [-0.2, 0) is 7.05 Å². The van der Waals surface area contributed by atoms with Gasteiger partial charge in [0, 0.05) is 37.8 Å². The molecule has 1 aromatic carbocycles. The lowest BCUT2D eigenvalue weighted by atomic mass is 10.0. The number of benzene rings is 1. The second-order valence-electron chi connectivity index (χ2n) is 6.84. The minimum atomic E-state index is -0.161. The molecule has 0 radical (unpaired) electrons. The second-order valence-corrected chi connectivity index (χ2v) is 6.84. The average Bonchev–Trinajstić information content (AvgIpc) is 3.14. The van der Waals surface area contributed by atoms with Gasteiger partial charge in [-0.15, -0.1) is 0 Å². The van der Waals surface area contributed by atoms with Gasteiger partial charge in [0.25, 0.3) is 5.91 Å². The Labute approximate surface area is 157 Å². The largest absolute Gasteiger partial charge is 0.355 e. The lowest BCUT2D eigenvalue weighted by Gasteiger charge is -2.34. The van der Waals surface area contributed by atoms with Crippen LogP contribution in [0.1, 0.15) is 28.9 Å². The molecule has 0 spiro atoms. The smallest absolute Gasteiger partial charge is 0.271 e. The number of carbonyl (C=O) groups is 1. The van der Waals surface area contributed by atoms with Gasteiger partial charge in [0.2, 0.25) is 0 Å². The van der Waals surface area contributed by atoms with Crippen LogP contribution < -0.4 is 10.2 Å². The summed E-state index contributed by atoms with van der Waals surface area (Å²) in [6, 6.07) is 11.8. The van der Waals surface area contributed by atoms with Gasteiger partial charge in [-0.1, -0.05) is 18.2 Å². The molecule has 1 amide bonds. The first-order chi connectivity index (χ1) is 13.1. The first-order valence-electron chi connectivity index (χ1n) is 8.97. The third-order valence-corrected chi connectivity index (χ3v) is 4.84. The van der Waals surface area contributed by atoms with Gasteiger partial charge in [0.05, 0.1) is 23.5 Å². The number of rotatable bonds is 3. The zero-order valence-corrected chi connectivity index (χ0v) is 15.1. The predicted molar refractivity (Wildman–Crippen MR) is 102 cm³/mol.